The molecule has 0 aromatic heterocycles. The lowest BCUT2D eigenvalue weighted by Gasteiger charge is -2.31. The van der Waals surface area contributed by atoms with E-state index in [2.05, 4.69) is 242 Å². The van der Waals surface area contributed by atoms with Crippen LogP contribution in [-0.4, -0.2) is 0 Å². The fourth-order valence-corrected chi connectivity index (χ4v) is 9.30. The van der Waals surface area contributed by atoms with Crippen LogP contribution in [0.1, 0.15) is 29.5 Å². The highest BCUT2D eigenvalue weighted by atomic mass is 15.2. The monoisotopic (exact) mass is 794 g/mol. The molecule has 0 N–H and O–H groups in total. The van der Waals surface area contributed by atoms with Gasteiger partial charge in [-0.15, -0.1) is 0 Å². The van der Waals surface area contributed by atoms with Gasteiger partial charge in [-0.25, -0.2) is 0 Å². The van der Waals surface area contributed by atoms with Crippen molar-refractivity contribution in [3.63, 3.8) is 0 Å². The summed E-state index contributed by atoms with van der Waals surface area (Å²) in [5.74, 6) is 0. The normalized spacial score (nSPS) is 12.7. The highest BCUT2D eigenvalue weighted by Crippen LogP contribution is 2.43. The standard InChI is InChI=1S/C60H46N2/c1-41-17-29-53(30-18-41)61(59-15-7-13-51-37-47-9-3-5-11-49(47)39-57(51)59)55-33-25-45(26-34-55)43-21-23-44(24-22-43)46-27-35-56(36-28-46)62(54-31-19-42(2)20-32-54)60-16-8-14-52-38-48-10-4-6-12-50(48)40-58(52)60/h3-27,29-35,37-40H,28,36H2,1-2H3. The molecule has 0 bridgehead atoms. The average Bonchev–Trinajstić information content (AvgIpc) is 3.32. The highest BCUT2D eigenvalue weighted by molar-refractivity contribution is 6.07. The van der Waals surface area contributed by atoms with Gasteiger partial charge < -0.3 is 9.80 Å². The summed E-state index contributed by atoms with van der Waals surface area (Å²) in [5, 5.41) is 10.0. The molecule has 0 atom stereocenters. The first-order chi connectivity index (χ1) is 30.5. The van der Waals surface area contributed by atoms with Crippen LogP contribution in [0, 0.1) is 13.8 Å². The first kappa shape index (κ1) is 37.3. The third kappa shape index (κ3) is 7.00. The second-order valence-corrected chi connectivity index (χ2v) is 16.7. The number of rotatable bonds is 8. The minimum atomic E-state index is 0.942. The van der Waals surface area contributed by atoms with Gasteiger partial charge in [0.25, 0.3) is 0 Å². The molecule has 0 aliphatic heterocycles. The summed E-state index contributed by atoms with van der Waals surface area (Å²) in [6.45, 7) is 4.30. The predicted octanol–water partition coefficient (Wildman–Crippen LogP) is 17.0. The second kappa shape index (κ2) is 15.7. The smallest absolute Gasteiger partial charge is 0.0540 e. The lowest BCUT2D eigenvalue weighted by atomic mass is 9.93. The molecule has 0 spiro atoms. The van der Waals surface area contributed by atoms with E-state index in [9.17, 15) is 0 Å². The third-order valence-electron chi connectivity index (χ3n) is 12.6. The molecule has 0 radical (unpaired) electrons. The van der Waals surface area contributed by atoms with Crippen LogP contribution in [0.4, 0.5) is 28.4 Å². The Morgan fingerprint density at radius 3 is 1.21 bits per heavy atom. The Hall–Kier alpha value is -7.68. The lowest BCUT2D eigenvalue weighted by molar-refractivity contribution is 0.931. The van der Waals surface area contributed by atoms with Crippen LogP contribution in [0.5, 0.6) is 0 Å². The van der Waals surface area contributed by atoms with Crippen molar-refractivity contribution in [1.82, 2.24) is 0 Å². The highest BCUT2D eigenvalue weighted by Gasteiger charge is 2.21. The van der Waals surface area contributed by atoms with Crippen molar-refractivity contribution < 1.29 is 0 Å². The van der Waals surface area contributed by atoms with Crippen molar-refractivity contribution >= 4 is 77.1 Å². The minimum Gasteiger partial charge on any atom is -0.314 e. The number of allylic oxidation sites excluding steroid dienone is 4. The number of hydrogen-bond acceptors (Lipinski definition) is 2. The van der Waals surface area contributed by atoms with Crippen molar-refractivity contribution in [2.75, 3.05) is 9.80 Å². The van der Waals surface area contributed by atoms with Gasteiger partial charge in [-0.3, -0.25) is 0 Å². The van der Waals surface area contributed by atoms with Gasteiger partial charge in [0.15, 0.2) is 0 Å². The molecular formula is C60H46N2. The number of anilines is 5. The Morgan fingerprint density at radius 2 is 0.726 bits per heavy atom. The van der Waals surface area contributed by atoms with Gasteiger partial charge in [0.05, 0.1) is 11.4 Å². The molecule has 0 saturated heterocycles. The molecule has 2 nitrogen and oxygen atoms in total. The molecule has 0 unspecified atom stereocenters. The first-order valence-corrected chi connectivity index (χ1v) is 21.7. The number of aryl methyl sites for hydroxylation is 2. The first-order valence-electron chi connectivity index (χ1n) is 21.7. The summed E-state index contributed by atoms with van der Waals surface area (Å²) in [6, 6.07) is 75.9. The van der Waals surface area contributed by atoms with Crippen LogP contribution in [0.25, 0.3) is 59.8 Å². The second-order valence-electron chi connectivity index (χ2n) is 16.7. The van der Waals surface area contributed by atoms with E-state index in [0.29, 0.717) is 0 Å². The van der Waals surface area contributed by atoms with Crippen molar-refractivity contribution in [3.05, 3.63) is 241 Å². The minimum absolute atomic E-state index is 0.942. The van der Waals surface area contributed by atoms with E-state index < -0.39 is 0 Å². The van der Waals surface area contributed by atoms with Gasteiger partial charge in [-0.05, 0) is 160 Å². The summed E-state index contributed by atoms with van der Waals surface area (Å²) in [5.41, 5.74) is 14.7. The van der Waals surface area contributed by atoms with Gasteiger partial charge in [0.2, 0.25) is 0 Å². The van der Waals surface area contributed by atoms with Crippen LogP contribution >= 0.6 is 0 Å². The molecule has 0 saturated carbocycles. The van der Waals surface area contributed by atoms with Gasteiger partial charge >= 0.3 is 0 Å². The topological polar surface area (TPSA) is 6.48 Å². The van der Waals surface area contributed by atoms with Crippen molar-refractivity contribution in [3.8, 4) is 11.1 Å². The zero-order valence-corrected chi connectivity index (χ0v) is 35.1. The van der Waals surface area contributed by atoms with E-state index in [0.717, 1.165) is 24.2 Å². The Labute approximate surface area is 363 Å². The Bertz CT molecular complexity index is 3340. The van der Waals surface area contributed by atoms with Crippen LogP contribution in [0.15, 0.2) is 224 Å². The van der Waals surface area contributed by atoms with E-state index in [-0.39, 0.29) is 0 Å². The Morgan fingerprint density at radius 1 is 0.323 bits per heavy atom. The maximum Gasteiger partial charge on any atom is 0.0540 e. The summed E-state index contributed by atoms with van der Waals surface area (Å²) >= 11 is 0. The van der Waals surface area contributed by atoms with Gasteiger partial charge in [0.1, 0.15) is 0 Å². The number of fused-ring (bicyclic) bond motifs is 4. The van der Waals surface area contributed by atoms with E-state index in [1.165, 1.54) is 99.2 Å². The van der Waals surface area contributed by atoms with Gasteiger partial charge in [-0.1, -0.05) is 151 Å². The van der Waals surface area contributed by atoms with E-state index >= 15 is 0 Å². The summed E-state index contributed by atoms with van der Waals surface area (Å²) < 4.78 is 0. The summed E-state index contributed by atoms with van der Waals surface area (Å²) in [6.07, 6.45) is 6.58. The lowest BCUT2D eigenvalue weighted by Crippen LogP contribution is -2.18. The van der Waals surface area contributed by atoms with Crippen LogP contribution in [-0.2, 0) is 0 Å². The van der Waals surface area contributed by atoms with E-state index in [1.807, 2.05) is 0 Å². The SMILES string of the molecule is Cc1ccc(N(C2=CC=C(c3ccc(-c4ccc(N(c5ccc(C)cc5)c5cccc6cc7ccccc7cc56)cc4)cc3)CC2)c2cccc3cc4ccccc4cc23)cc1. The largest absolute Gasteiger partial charge is 0.314 e. The van der Waals surface area contributed by atoms with Crippen LogP contribution < -0.4 is 9.80 Å². The summed E-state index contributed by atoms with van der Waals surface area (Å²) in [7, 11) is 0. The molecule has 62 heavy (non-hydrogen) atoms. The van der Waals surface area contributed by atoms with Crippen molar-refractivity contribution in [1.29, 1.82) is 0 Å². The number of benzene rings is 10. The predicted molar refractivity (Wildman–Crippen MR) is 266 cm³/mol. The maximum atomic E-state index is 2.47. The van der Waals surface area contributed by atoms with Crippen molar-refractivity contribution in [2.45, 2.75) is 26.7 Å². The van der Waals surface area contributed by atoms with Crippen molar-refractivity contribution in [2.24, 2.45) is 0 Å². The molecule has 10 aromatic rings. The molecule has 10 aromatic carbocycles. The Balaban J connectivity index is 0.898. The van der Waals surface area contributed by atoms with Gasteiger partial charge in [0, 0.05) is 33.5 Å². The third-order valence-corrected chi connectivity index (χ3v) is 12.6. The molecule has 0 amide bonds. The molecule has 1 aliphatic rings. The van der Waals surface area contributed by atoms with E-state index in [4.69, 9.17) is 0 Å². The number of nitrogens with zero attached hydrogens (tertiary/aromatic N) is 2. The molecule has 11 rings (SSSR count). The Kier molecular flexibility index (Phi) is 9.47. The number of hydrogen-bond donors (Lipinski definition) is 0. The summed E-state index contributed by atoms with van der Waals surface area (Å²) in [4.78, 5) is 4.86. The van der Waals surface area contributed by atoms with Crippen LogP contribution in [0.2, 0.25) is 0 Å². The van der Waals surface area contributed by atoms with Crippen LogP contribution in [0.3, 0.4) is 0 Å². The molecule has 296 valence electrons. The van der Waals surface area contributed by atoms with Gasteiger partial charge in [-0.2, -0.15) is 0 Å². The zero-order chi connectivity index (χ0) is 41.6. The average molecular weight is 795 g/mol. The quantitative estimate of drug-likeness (QED) is 0.141. The zero-order valence-electron chi connectivity index (χ0n) is 35.1. The molecule has 0 heterocycles. The molecule has 1 aliphatic carbocycles. The molecule has 0 fully saturated rings. The molecule has 2 heteroatoms. The fraction of sp³-hybridized carbons (Fsp3) is 0.0667. The van der Waals surface area contributed by atoms with E-state index in [1.54, 1.807) is 0 Å². The fourth-order valence-electron chi connectivity index (χ4n) is 9.30. The maximum absolute atomic E-state index is 2.47. The molecular weight excluding hydrogens is 749 g/mol.